The Hall–Kier alpha value is -3.17. The molecule has 0 saturated heterocycles. The van der Waals surface area contributed by atoms with Crippen LogP contribution in [0.1, 0.15) is 53.1 Å². The van der Waals surface area contributed by atoms with Crippen LogP contribution in [-0.2, 0) is 29.8 Å². The molecular formula is C25H20BrF9N2O4. The van der Waals surface area contributed by atoms with E-state index in [2.05, 4.69) is 15.9 Å². The first-order valence-corrected chi connectivity index (χ1v) is 12.7. The predicted octanol–water partition coefficient (Wildman–Crippen LogP) is 8.48. The Morgan fingerprint density at radius 1 is 0.976 bits per heavy atom. The Morgan fingerprint density at radius 3 is 2.07 bits per heavy atom. The number of hydrogen-bond acceptors (Lipinski definition) is 3. The monoisotopic (exact) mass is 662 g/mol. The number of ether oxygens (including phenoxy) is 1. The maximum absolute atomic E-state index is 13.7. The smallest absolute Gasteiger partial charge is 0.417 e. The molecule has 0 radical (unpaired) electrons. The molecule has 1 heterocycles. The lowest BCUT2D eigenvalue weighted by atomic mass is 9.86. The molecule has 2 amide bonds. The molecule has 224 valence electrons. The summed E-state index contributed by atoms with van der Waals surface area (Å²) in [6, 6.07) is 0.273. The first-order valence-electron chi connectivity index (χ1n) is 11.9. The number of nitrogens with zero attached hydrogens (tertiary/aromatic N) is 2. The number of benzene rings is 2. The maximum Gasteiger partial charge on any atom is 0.417 e. The third-order valence-electron chi connectivity index (χ3n) is 7.05. The molecule has 1 aliphatic heterocycles. The molecule has 2 aliphatic rings. The van der Waals surface area contributed by atoms with E-state index < -0.39 is 76.1 Å². The zero-order chi connectivity index (χ0) is 30.7. The van der Waals surface area contributed by atoms with Crippen LogP contribution in [0.25, 0.3) is 0 Å². The van der Waals surface area contributed by atoms with Crippen molar-refractivity contribution < 1.29 is 58.9 Å². The van der Waals surface area contributed by atoms with Crippen molar-refractivity contribution in [1.82, 2.24) is 4.90 Å². The molecule has 1 N–H and O–H groups in total. The van der Waals surface area contributed by atoms with Crippen LogP contribution in [0, 0.1) is 5.92 Å². The molecule has 41 heavy (non-hydrogen) atoms. The number of carboxylic acid groups (broad SMARTS) is 1. The van der Waals surface area contributed by atoms with Gasteiger partial charge in [-0.15, -0.1) is 0 Å². The Labute approximate surface area is 234 Å². The van der Waals surface area contributed by atoms with Crippen LogP contribution < -0.4 is 4.90 Å². The fraction of sp³-hybridized carbons (Fsp3) is 0.440. The third-order valence-corrected chi connectivity index (χ3v) is 7.99. The van der Waals surface area contributed by atoms with E-state index in [4.69, 9.17) is 4.74 Å². The fourth-order valence-corrected chi connectivity index (χ4v) is 5.63. The Morgan fingerprint density at radius 2 is 1.59 bits per heavy atom. The molecular weight excluding hydrogens is 643 g/mol. The van der Waals surface area contributed by atoms with Gasteiger partial charge in [0.05, 0.1) is 42.1 Å². The lowest BCUT2D eigenvalue weighted by molar-refractivity contribution is -0.143. The zero-order valence-corrected chi connectivity index (χ0v) is 22.4. The van der Waals surface area contributed by atoms with Crippen LogP contribution in [0.3, 0.4) is 0 Å². The van der Waals surface area contributed by atoms with Gasteiger partial charge in [0.15, 0.2) is 0 Å². The second-order valence-corrected chi connectivity index (χ2v) is 10.5. The zero-order valence-electron chi connectivity index (χ0n) is 20.8. The number of rotatable bonds is 4. The average Bonchev–Trinajstić information content (AvgIpc) is 3.70. The van der Waals surface area contributed by atoms with Crippen molar-refractivity contribution >= 4 is 33.8 Å². The van der Waals surface area contributed by atoms with Crippen molar-refractivity contribution in [3.63, 3.8) is 0 Å². The molecule has 0 bridgehead atoms. The van der Waals surface area contributed by atoms with E-state index in [0.717, 1.165) is 18.1 Å². The maximum atomic E-state index is 13.7. The number of amides is 2. The van der Waals surface area contributed by atoms with Crippen molar-refractivity contribution in [2.75, 3.05) is 12.0 Å². The van der Waals surface area contributed by atoms with Crippen molar-refractivity contribution in [3.05, 3.63) is 62.6 Å². The van der Waals surface area contributed by atoms with Crippen molar-refractivity contribution in [2.45, 2.75) is 56.4 Å². The van der Waals surface area contributed by atoms with Gasteiger partial charge in [0.1, 0.15) is 0 Å². The number of fused-ring (bicyclic) bond motifs is 1. The average molecular weight is 663 g/mol. The van der Waals surface area contributed by atoms with Crippen LogP contribution in [0.2, 0.25) is 0 Å². The second kappa shape index (κ2) is 10.6. The summed E-state index contributed by atoms with van der Waals surface area (Å²) < 4.78 is 126. The van der Waals surface area contributed by atoms with Crippen molar-refractivity contribution in [2.24, 2.45) is 5.92 Å². The van der Waals surface area contributed by atoms with Gasteiger partial charge in [-0.2, -0.15) is 39.5 Å². The van der Waals surface area contributed by atoms with Crippen molar-refractivity contribution in [3.8, 4) is 0 Å². The summed E-state index contributed by atoms with van der Waals surface area (Å²) in [5, 5.41) is 9.91. The minimum absolute atomic E-state index is 0.102. The van der Waals surface area contributed by atoms with Crippen LogP contribution in [-0.4, -0.2) is 35.3 Å². The Kier molecular flexibility index (Phi) is 7.95. The van der Waals surface area contributed by atoms with Crippen LogP contribution in [0.5, 0.6) is 0 Å². The van der Waals surface area contributed by atoms with Gasteiger partial charge in [-0.3, -0.25) is 9.80 Å². The number of methoxy groups -OCH3 is 1. The molecule has 2 aromatic rings. The SMILES string of the molecule is COC(=O)N(Cc1cc(C(F)(F)F)cc(C(F)(F)F)c1Br)C1CC(C2CC2)N(C(=O)O)c2ccc(C(F)(F)F)cc21. The molecule has 2 atom stereocenters. The van der Waals surface area contributed by atoms with Gasteiger partial charge in [0, 0.05) is 10.5 Å². The van der Waals surface area contributed by atoms with Gasteiger partial charge in [0.25, 0.3) is 0 Å². The number of anilines is 1. The van der Waals surface area contributed by atoms with E-state index in [1.165, 1.54) is 0 Å². The number of carbonyl (C=O) groups is 2. The van der Waals surface area contributed by atoms with Gasteiger partial charge in [-0.25, -0.2) is 9.59 Å². The van der Waals surface area contributed by atoms with E-state index in [9.17, 15) is 54.2 Å². The Bertz CT molecular complexity index is 1360. The third kappa shape index (κ3) is 6.21. The van der Waals surface area contributed by atoms with Gasteiger partial charge >= 0.3 is 30.7 Å². The lowest BCUT2D eigenvalue weighted by Gasteiger charge is -2.43. The summed E-state index contributed by atoms with van der Waals surface area (Å²) in [6.45, 7) is -0.939. The summed E-state index contributed by atoms with van der Waals surface area (Å²) in [5.74, 6) is -0.222. The molecule has 16 heteroatoms. The van der Waals surface area contributed by atoms with E-state index in [1.54, 1.807) is 0 Å². The number of alkyl halides is 9. The predicted molar refractivity (Wildman–Crippen MR) is 128 cm³/mol. The number of halogens is 10. The topological polar surface area (TPSA) is 70.1 Å². The lowest BCUT2D eigenvalue weighted by Crippen LogP contribution is -2.49. The molecule has 6 nitrogen and oxygen atoms in total. The largest absolute Gasteiger partial charge is 0.465 e. The molecule has 0 aromatic heterocycles. The Balaban J connectivity index is 1.91. The first-order chi connectivity index (χ1) is 18.8. The minimum Gasteiger partial charge on any atom is -0.465 e. The quantitative estimate of drug-likeness (QED) is 0.334. The van der Waals surface area contributed by atoms with E-state index in [-0.39, 0.29) is 29.7 Å². The van der Waals surface area contributed by atoms with Crippen LogP contribution in [0.15, 0.2) is 34.8 Å². The highest BCUT2D eigenvalue weighted by molar-refractivity contribution is 9.10. The highest BCUT2D eigenvalue weighted by Crippen LogP contribution is 2.50. The van der Waals surface area contributed by atoms with Crippen LogP contribution in [0.4, 0.5) is 54.8 Å². The summed E-state index contributed by atoms with van der Waals surface area (Å²) in [6.07, 6.45) is -17.2. The normalized spacial score (nSPS) is 19.5. The number of carbonyl (C=O) groups excluding carboxylic acids is 1. The summed E-state index contributed by atoms with van der Waals surface area (Å²) >= 11 is 2.68. The van der Waals surface area contributed by atoms with Gasteiger partial charge in [-0.1, -0.05) is 0 Å². The van der Waals surface area contributed by atoms with Crippen molar-refractivity contribution in [1.29, 1.82) is 0 Å². The molecule has 0 spiro atoms. The highest BCUT2D eigenvalue weighted by Gasteiger charge is 2.48. The van der Waals surface area contributed by atoms with E-state index in [1.807, 2.05) is 0 Å². The second-order valence-electron chi connectivity index (χ2n) is 9.67. The van der Waals surface area contributed by atoms with Gasteiger partial charge in [0.2, 0.25) is 0 Å². The summed E-state index contributed by atoms with van der Waals surface area (Å²) in [4.78, 5) is 26.8. The molecule has 2 unspecified atom stereocenters. The van der Waals surface area contributed by atoms with Gasteiger partial charge in [-0.05, 0) is 82.6 Å². The highest BCUT2D eigenvalue weighted by atomic mass is 79.9. The van der Waals surface area contributed by atoms with Gasteiger partial charge < -0.3 is 9.84 Å². The molecule has 1 aliphatic carbocycles. The first kappa shape index (κ1) is 30.8. The summed E-state index contributed by atoms with van der Waals surface area (Å²) in [7, 11) is 0.884. The van der Waals surface area contributed by atoms with Crippen LogP contribution >= 0.6 is 15.9 Å². The molecule has 1 saturated carbocycles. The molecule has 4 rings (SSSR count). The molecule has 2 aromatic carbocycles. The summed E-state index contributed by atoms with van der Waals surface area (Å²) in [5.41, 5.74) is -5.67. The fourth-order valence-electron chi connectivity index (χ4n) is 5.05. The van der Waals surface area contributed by atoms with E-state index >= 15 is 0 Å². The van der Waals surface area contributed by atoms with E-state index in [0.29, 0.717) is 35.9 Å². The molecule has 1 fully saturated rings. The minimum atomic E-state index is -5.23. The standard InChI is InChI=1S/C25H20BrF9N2O4/c1-41-22(40)36(10-12-6-14(24(30,31)32)8-16(20(12)26)25(33,34)35)19-9-18(11-2-3-11)37(21(38)39)17-5-4-13(7-15(17)19)23(27,28)29/h4-8,11,18-19H,2-3,9-10H2,1H3,(H,38,39). The number of hydrogen-bond donors (Lipinski definition) is 1.